The zero-order valence-corrected chi connectivity index (χ0v) is 8.61. The van der Waals surface area contributed by atoms with E-state index in [9.17, 15) is 0 Å². The number of hydrogen-bond acceptors (Lipinski definition) is 0. The molecule has 0 N–H and O–H groups in total. The third-order valence-electron chi connectivity index (χ3n) is 0.892. The molecule has 0 saturated carbocycles. The van der Waals surface area contributed by atoms with Gasteiger partial charge in [0.2, 0.25) is 0 Å². The van der Waals surface area contributed by atoms with Crippen molar-refractivity contribution in [2.24, 2.45) is 0 Å². The Balaban J connectivity index is 0.000001000. The Morgan fingerprint density at radius 1 is 0.909 bits per heavy atom. The van der Waals surface area contributed by atoms with Crippen molar-refractivity contribution in [3.63, 3.8) is 0 Å². The Labute approximate surface area is 96.9 Å². The smallest absolute Gasteiger partial charge is 0.165 e. The van der Waals surface area contributed by atoms with E-state index in [4.69, 9.17) is 46.4 Å². The van der Waals surface area contributed by atoms with Gasteiger partial charge in [0.1, 0.15) is 0 Å². The molecule has 0 saturated heterocycles. The summed E-state index contributed by atoms with van der Waals surface area (Å²) in [5.74, 6) is 0. The average Bonchev–Trinajstić information content (AvgIpc) is 1.84. The molecule has 0 heterocycles. The van der Waals surface area contributed by atoms with Crippen LogP contribution in [0.3, 0.4) is 0 Å². The fourth-order valence-electron chi connectivity index (χ4n) is 0.454. The summed E-state index contributed by atoms with van der Waals surface area (Å²) in [6.07, 6.45) is 0. The maximum absolute atomic E-state index is 5.58. The Bertz CT molecular complexity index is 211. The topological polar surface area (TPSA) is 0 Å². The van der Waals surface area contributed by atoms with Crippen LogP contribution in [0.15, 0.2) is 6.07 Å². The van der Waals surface area contributed by atoms with Gasteiger partial charge in [-0.05, 0) is 0 Å². The molecule has 0 spiro atoms. The number of halogens is 4. The first kappa shape index (κ1) is 12.0. The van der Waals surface area contributed by atoms with Crippen LogP contribution in [-0.2, 0) is 0 Å². The zero-order valence-electron chi connectivity index (χ0n) is 5.59. The molecule has 0 radical (unpaired) electrons. The summed E-state index contributed by atoms with van der Waals surface area (Å²) in [5, 5.41) is 1.29. The monoisotopic (exact) mass is 220 g/mol. The Kier molecular flexibility index (Phi) is 5.30. The number of hydrogen-bond donors (Lipinski definition) is 0. The standard InChI is InChI=1S/C6HCl4.Li/c7-3-1-4(8)6(10)2-5(3)9;/h1H;/q-1;+1. The van der Waals surface area contributed by atoms with E-state index in [1.54, 1.807) is 0 Å². The van der Waals surface area contributed by atoms with Crippen LogP contribution in [0.1, 0.15) is 0 Å². The van der Waals surface area contributed by atoms with E-state index < -0.39 is 0 Å². The molecule has 0 nitrogen and oxygen atoms in total. The summed E-state index contributed by atoms with van der Waals surface area (Å²) in [7, 11) is 0. The van der Waals surface area contributed by atoms with Crippen molar-refractivity contribution in [2.75, 3.05) is 0 Å². The van der Waals surface area contributed by atoms with E-state index in [0.717, 1.165) is 0 Å². The van der Waals surface area contributed by atoms with Crippen LogP contribution in [-0.4, -0.2) is 0 Å². The van der Waals surface area contributed by atoms with Crippen LogP contribution in [0.5, 0.6) is 0 Å². The average molecular weight is 222 g/mol. The van der Waals surface area contributed by atoms with Crippen LogP contribution in [0.25, 0.3) is 0 Å². The van der Waals surface area contributed by atoms with Gasteiger partial charge in [0.05, 0.1) is 0 Å². The summed E-state index contributed by atoms with van der Waals surface area (Å²) < 4.78 is 0. The molecule has 0 fully saturated rings. The molecule has 0 aliphatic heterocycles. The zero-order chi connectivity index (χ0) is 7.72. The second kappa shape index (κ2) is 4.87. The van der Waals surface area contributed by atoms with Crippen LogP contribution in [0.4, 0.5) is 0 Å². The summed E-state index contributed by atoms with van der Waals surface area (Å²) in [4.78, 5) is 0. The van der Waals surface area contributed by atoms with Crippen LogP contribution in [0.2, 0.25) is 20.1 Å². The Morgan fingerprint density at radius 2 is 1.27 bits per heavy atom. The van der Waals surface area contributed by atoms with E-state index in [-0.39, 0.29) is 28.9 Å². The van der Waals surface area contributed by atoms with Gasteiger partial charge < -0.3 is 0 Å². The van der Waals surface area contributed by atoms with Crippen molar-refractivity contribution in [3.8, 4) is 0 Å². The van der Waals surface area contributed by atoms with Crippen molar-refractivity contribution in [3.05, 3.63) is 32.2 Å². The Morgan fingerprint density at radius 3 is 1.55 bits per heavy atom. The van der Waals surface area contributed by atoms with E-state index in [1.165, 1.54) is 6.07 Å². The normalized spacial score (nSPS) is 9.09. The molecule has 0 unspecified atom stereocenters. The predicted molar refractivity (Wildman–Crippen MR) is 45.3 cm³/mol. The van der Waals surface area contributed by atoms with Crippen molar-refractivity contribution in [1.29, 1.82) is 0 Å². The largest absolute Gasteiger partial charge is 1.00 e. The van der Waals surface area contributed by atoms with Gasteiger partial charge in [-0.2, -0.15) is 23.2 Å². The van der Waals surface area contributed by atoms with Gasteiger partial charge >= 0.3 is 18.9 Å². The van der Waals surface area contributed by atoms with Gasteiger partial charge in [-0.15, -0.1) is 35.3 Å². The van der Waals surface area contributed by atoms with E-state index in [0.29, 0.717) is 10.0 Å². The van der Waals surface area contributed by atoms with Crippen LogP contribution < -0.4 is 18.9 Å². The third-order valence-corrected chi connectivity index (χ3v) is 2.28. The first-order valence-corrected chi connectivity index (χ1v) is 3.85. The summed E-state index contributed by atoms with van der Waals surface area (Å²) in [6, 6.07) is 4.05. The molecule has 0 bridgehead atoms. The van der Waals surface area contributed by atoms with Crippen molar-refractivity contribution >= 4 is 46.4 Å². The molecule has 1 aromatic rings. The van der Waals surface area contributed by atoms with E-state index in [1.807, 2.05) is 0 Å². The summed E-state index contributed by atoms with van der Waals surface area (Å²) >= 11 is 22.3. The SMILES string of the molecule is Clc1[c-]c(Cl)c(Cl)cc1Cl.[Li+]. The van der Waals surface area contributed by atoms with Gasteiger partial charge in [0.25, 0.3) is 0 Å². The molecule has 1 aromatic carbocycles. The molecule has 11 heavy (non-hydrogen) atoms. The van der Waals surface area contributed by atoms with Crippen molar-refractivity contribution in [2.45, 2.75) is 0 Å². The molecule has 0 aliphatic rings. The maximum atomic E-state index is 5.58. The van der Waals surface area contributed by atoms with Gasteiger partial charge in [0, 0.05) is 0 Å². The molecule has 0 amide bonds. The molecule has 0 aromatic heterocycles. The van der Waals surface area contributed by atoms with Gasteiger partial charge in [-0.25, -0.2) is 0 Å². The Hall–Kier alpha value is 0.977. The van der Waals surface area contributed by atoms with Gasteiger partial charge in [-0.1, -0.05) is 20.1 Å². The fraction of sp³-hybridized carbons (Fsp3) is 0. The molecule has 1 rings (SSSR count). The summed E-state index contributed by atoms with van der Waals surface area (Å²) in [6.45, 7) is 0. The molecule has 0 aliphatic carbocycles. The molecular weight excluding hydrogens is 221 g/mol. The van der Waals surface area contributed by atoms with Gasteiger partial charge in [0.15, 0.2) is 0 Å². The minimum absolute atomic E-state index is 0. The maximum Gasteiger partial charge on any atom is 1.00 e. The first-order chi connectivity index (χ1) is 4.61. The minimum atomic E-state index is 0. The van der Waals surface area contributed by atoms with E-state index >= 15 is 0 Å². The van der Waals surface area contributed by atoms with Crippen molar-refractivity contribution in [1.82, 2.24) is 0 Å². The fourth-order valence-corrected chi connectivity index (χ4v) is 1.17. The second-order valence-electron chi connectivity index (χ2n) is 1.59. The predicted octanol–water partition coefficient (Wildman–Crippen LogP) is 1.10. The molecule has 0 atom stereocenters. The molecular formula is C6HCl4Li. The minimum Gasteiger partial charge on any atom is -0.165 e. The number of rotatable bonds is 0. The second-order valence-corrected chi connectivity index (χ2v) is 3.16. The third kappa shape index (κ3) is 3.07. The van der Waals surface area contributed by atoms with Crippen LogP contribution >= 0.6 is 46.4 Å². The van der Waals surface area contributed by atoms with Crippen molar-refractivity contribution < 1.29 is 18.9 Å². The molecule has 54 valence electrons. The number of benzene rings is 1. The quantitative estimate of drug-likeness (QED) is 0.350. The summed E-state index contributed by atoms with van der Waals surface area (Å²) in [5.41, 5.74) is 0. The first-order valence-electron chi connectivity index (χ1n) is 2.33. The van der Waals surface area contributed by atoms with Gasteiger partial charge in [-0.3, -0.25) is 0 Å². The van der Waals surface area contributed by atoms with Crippen LogP contribution in [0, 0.1) is 6.07 Å². The molecule has 5 heteroatoms. The van der Waals surface area contributed by atoms with E-state index in [2.05, 4.69) is 6.07 Å².